The van der Waals surface area contributed by atoms with Crippen LogP contribution in [0, 0.1) is 10.8 Å². The topological polar surface area (TPSA) is 72.5 Å². The smallest absolute Gasteiger partial charge is 0.200 e. The van der Waals surface area contributed by atoms with Crippen LogP contribution in [0.4, 0.5) is 0 Å². The Morgan fingerprint density at radius 1 is 0.706 bits per heavy atom. The molecule has 2 fully saturated rings. The normalized spacial score (nSPS) is 20.6. The molecule has 0 amide bonds. The fraction of sp³-hybridized carbons (Fsp3) is 0.519. The fourth-order valence-corrected chi connectivity index (χ4v) is 4.01. The number of hydrogen-bond acceptors (Lipinski definition) is 7. The molecule has 0 atom stereocenters. The van der Waals surface area contributed by atoms with E-state index in [-0.39, 0.29) is 16.6 Å². The SMILES string of the molecule is COc1ccc(C2OCC(C)(C)CO2)cc1C(=O)c1cc(C2OCC(C)(C)CO2)ccc1OC. The Hall–Kier alpha value is -2.45. The predicted molar refractivity (Wildman–Crippen MR) is 126 cm³/mol. The van der Waals surface area contributed by atoms with Gasteiger partial charge in [-0.25, -0.2) is 0 Å². The minimum Gasteiger partial charge on any atom is -0.496 e. The molecule has 7 nitrogen and oxygen atoms in total. The summed E-state index contributed by atoms with van der Waals surface area (Å²) in [5.74, 6) is 0.693. The van der Waals surface area contributed by atoms with E-state index in [2.05, 4.69) is 27.7 Å². The fourth-order valence-electron chi connectivity index (χ4n) is 4.01. The van der Waals surface area contributed by atoms with Gasteiger partial charge in [-0.1, -0.05) is 39.8 Å². The second-order valence-electron chi connectivity index (χ2n) is 10.5. The highest BCUT2D eigenvalue weighted by atomic mass is 16.7. The molecule has 0 radical (unpaired) electrons. The van der Waals surface area contributed by atoms with Crippen molar-refractivity contribution >= 4 is 5.78 Å². The van der Waals surface area contributed by atoms with E-state index in [9.17, 15) is 4.79 Å². The van der Waals surface area contributed by atoms with Gasteiger partial charge >= 0.3 is 0 Å². The number of ether oxygens (including phenoxy) is 6. The Morgan fingerprint density at radius 2 is 1.06 bits per heavy atom. The third-order valence-electron chi connectivity index (χ3n) is 5.98. The van der Waals surface area contributed by atoms with E-state index in [0.29, 0.717) is 49.1 Å². The van der Waals surface area contributed by atoms with Gasteiger partial charge in [0.15, 0.2) is 12.6 Å². The van der Waals surface area contributed by atoms with Gasteiger partial charge in [-0.2, -0.15) is 0 Å². The van der Waals surface area contributed by atoms with Crippen molar-refractivity contribution in [2.45, 2.75) is 40.3 Å². The molecule has 2 aliphatic heterocycles. The van der Waals surface area contributed by atoms with Crippen LogP contribution in [0.5, 0.6) is 11.5 Å². The van der Waals surface area contributed by atoms with E-state index in [0.717, 1.165) is 11.1 Å². The second kappa shape index (κ2) is 9.66. The zero-order valence-electron chi connectivity index (χ0n) is 20.8. The molecule has 0 aliphatic carbocycles. The Morgan fingerprint density at radius 3 is 1.38 bits per heavy atom. The largest absolute Gasteiger partial charge is 0.496 e. The van der Waals surface area contributed by atoms with Crippen molar-refractivity contribution in [2.24, 2.45) is 10.8 Å². The van der Waals surface area contributed by atoms with Crippen molar-refractivity contribution in [3.63, 3.8) is 0 Å². The van der Waals surface area contributed by atoms with Crippen LogP contribution in [-0.2, 0) is 18.9 Å². The van der Waals surface area contributed by atoms with Crippen molar-refractivity contribution in [1.82, 2.24) is 0 Å². The molecule has 0 bridgehead atoms. The first kappa shape index (κ1) is 24.7. The number of hydrogen-bond donors (Lipinski definition) is 0. The number of ketones is 1. The van der Waals surface area contributed by atoms with Gasteiger partial charge < -0.3 is 28.4 Å². The van der Waals surface area contributed by atoms with Crippen LogP contribution in [0.2, 0.25) is 0 Å². The lowest BCUT2D eigenvalue weighted by Crippen LogP contribution is -2.33. The van der Waals surface area contributed by atoms with Gasteiger partial charge in [0.1, 0.15) is 11.5 Å². The van der Waals surface area contributed by atoms with Crippen molar-refractivity contribution in [1.29, 1.82) is 0 Å². The van der Waals surface area contributed by atoms with Crippen LogP contribution in [-0.4, -0.2) is 46.4 Å². The Labute approximate surface area is 201 Å². The van der Waals surface area contributed by atoms with Crippen molar-refractivity contribution in [2.75, 3.05) is 40.6 Å². The summed E-state index contributed by atoms with van der Waals surface area (Å²) in [5.41, 5.74) is 2.23. The summed E-state index contributed by atoms with van der Waals surface area (Å²) in [7, 11) is 3.09. The van der Waals surface area contributed by atoms with Gasteiger partial charge in [0.2, 0.25) is 5.78 Å². The number of rotatable bonds is 6. The number of carbonyl (C=O) groups excluding carboxylic acids is 1. The van der Waals surface area contributed by atoms with Gasteiger partial charge in [-0.05, 0) is 24.3 Å². The highest BCUT2D eigenvalue weighted by molar-refractivity contribution is 6.12. The van der Waals surface area contributed by atoms with Crippen molar-refractivity contribution < 1.29 is 33.2 Å². The zero-order chi connectivity index (χ0) is 24.5. The first-order valence-corrected chi connectivity index (χ1v) is 11.5. The molecular formula is C27H34O7. The molecule has 0 saturated carbocycles. The summed E-state index contributed by atoms with van der Waals surface area (Å²) >= 11 is 0. The first-order chi connectivity index (χ1) is 16.1. The third kappa shape index (κ3) is 5.28. The Kier molecular flexibility index (Phi) is 7.01. The van der Waals surface area contributed by atoms with Gasteiger partial charge in [-0.3, -0.25) is 4.79 Å². The van der Waals surface area contributed by atoms with Gasteiger partial charge in [0, 0.05) is 22.0 Å². The molecule has 0 unspecified atom stereocenters. The molecule has 2 aromatic carbocycles. The van der Waals surface area contributed by atoms with Crippen molar-refractivity contribution in [3.05, 3.63) is 58.7 Å². The Bertz CT molecular complexity index is 942. The summed E-state index contributed by atoms with van der Waals surface area (Å²) in [6, 6.07) is 10.8. The van der Waals surface area contributed by atoms with E-state index in [4.69, 9.17) is 28.4 Å². The monoisotopic (exact) mass is 470 g/mol. The third-order valence-corrected chi connectivity index (χ3v) is 5.98. The van der Waals surface area contributed by atoms with Crippen LogP contribution in [0.3, 0.4) is 0 Å². The highest BCUT2D eigenvalue weighted by Crippen LogP contribution is 2.36. The minimum atomic E-state index is -0.536. The average molecular weight is 471 g/mol. The lowest BCUT2D eigenvalue weighted by atomic mass is 9.94. The van der Waals surface area contributed by atoms with E-state index < -0.39 is 12.6 Å². The van der Waals surface area contributed by atoms with Crippen LogP contribution in [0.25, 0.3) is 0 Å². The molecular weight excluding hydrogens is 436 g/mol. The van der Waals surface area contributed by atoms with Gasteiger partial charge in [0.25, 0.3) is 0 Å². The molecule has 7 heteroatoms. The van der Waals surface area contributed by atoms with E-state index in [1.165, 1.54) is 0 Å². The van der Waals surface area contributed by atoms with Gasteiger partial charge in [-0.15, -0.1) is 0 Å². The molecule has 34 heavy (non-hydrogen) atoms. The van der Waals surface area contributed by atoms with Crippen LogP contribution in [0.15, 0.2) is 36.4 Å². The molecule has 4 rings (SSSR count). The average Bonchev–Trinajstić information content (AvgIpc) is 2.83. The van der Waals surface area contributed by atoms with E-state index >= 15 is 0 Å². The molecule has 184 valence electrons. The molecule has 0 spiro atoms. The lowest BCUT2D eigenvalue weighted by Gasteiger charge is -2.35. The maximum absolute atomic E-state index is 13.8. The summed E-state index contributed by atoms with van der Waals surface area (Å²) in [5, 5.41) is 0. The first-order valence-electron chi connectivity index (χ1n) is 11.5. The molecule has 2 aliphatic rings. The summed E-state index contributed by atoms with van der Waals surface area (Å²) in [6.07, 6.45) is -1.07. The molecule has 0 aromatic heterocycles. The summed E-state index contributed by atoms with van der Waals surface area (Å²) in [6.45, 7) is 10.6. The maximum atomic E-state index is 13.8. The number of carbonyl (C=O) groups is 1. The van der Waals surface area contributed by atoms with Crippen LogP contribution in [0.1, 0.15) is 67.3 Å². The maximum Gasteiger partial charge on any atom is 0.200 e. The minimum absolute atomic E-state index is 0.0477. The highest BCUT2D eigenvalue weighted by Gasteiger charge is 2.32. The quantitative estimate of drug-likeness (QED) is 0.545. The summed E-state index contributed by atoms with van der Waals surface area (Å²) in [4.78, 5) is 13.8. The molecule has 2 aromatic rings. The summed E-state index contributed by atoms with van der Waals surface area (Å²) < 4.78 is 34.7. The standard InChI is InChI=1S/C27H34O7/c1-26(2)13-31-24(32-14-26)17-7-9-21(29-5)19(11-17)23(28)20-12-18(8-10-22(20)30-6)25-33-15-27(3,4)16-34-25/h7-12,24-25H,13-16H2,1-6H3. The zero-order valence-corrected chi connectivity index (χ0v) is 20.8. The van der Waals surface area contributed by atoms with Gasteiger partial charge in [0.05, 0.1) is 51.8 Å². The second-order valence-corrected chi connectivity index (χ2v) is 10.5. The van der Waals surface area contributed by atoms with Crippen LogP contribution < -0.4 is 9.47 Å². The van der Waals surface area contributed by atoms with E-state index in [1.807, 2.05) is 12.1 Å². The molecule has 0 N–H and O–H groups in total. The lowest BCUT2D eigenvalue weighted by molar-refractivity contribution is -0.226. The predicted octanol–water partition coefficient (Wildman–Crippen LogP) is 5.08. The van der Waals surface area contributed by atoms with Crippen LogP contribution >= 0.6 is 0 Å². The molecule has 2 heterocycles. The molecule has 2 saturated heterocycles. The Balaban J connectivity index is 1.65. The van der Waals surface area contributed by atoms with E-state index in [1.54, 1.807) is 38.5 Å². The number of methoxy groups -OCH3 is 2. The van der Waals surface area contributed by atoms with Crippen molar-refractivity contribution in [3.8, 4) is 11.5 Å². The number of benzene rings is 2.